The molecule has 0 aliphatic heterocycles. The minimum absolute atomic E-state index is 0.0451. The molecule has 6 heteroatoms. The van der Waals surface area contributed by atoms with Crippen LogP contribution in [0.25, 0.3) is 10.2 Å². The quantitative estimate of drug-likeness (QED) is 0.250. The van der Waals surface area contributed by atoms with Gasteiger partial charge in [-0.25, -0.2) is 4.98 Å². The average molecular weight is 479 g/mol. The molecule has 0 aliphatic rings. The molecular formula is C27H27ClN2O2S. The molecule has 0 aliphatic carbocycles. The monoisotopic (exact) mass is 478 g/mol. The van der Waals surface area contributed by atoms with Crippen LogP contribution in [-0.4, -0.2) is 17.5 Å². The van der Waals surface area contributed by atoms with E-state index in [1.807, 2.05) is 60.4 Å². The van der Waals surface area contributed by atoms with Crippen LogP contribution in [0.15, 0.2) is 60.7 Å². The van der Waals surface area contributed by atoms with E-state index in [1.165, 1.54) is 5.56 Å². The van der Waals surface area contributed by atoms with Gasteiger partial charge in [0.1, 0.15) is 5.75 Å². The Labute approximate surface area is 203 Å². The Morgan fingerprint density at radius 2 is 1.82 bits per heavy atom. The van der Waals surface area contributed by atoms with E-state index in [1.54, 1.807) is 11.3 Å². The number of ether oxygens (including phenoxy) is 1. The molecule has 0 fully saturated rings. The van der Waals surface area contributed by atoms with E-state index in [-0.39, 0.29) is 5.91 Å². The maximum atomic E-state index is 13.3. The summed E-state index contributed by atoms with van der Waals surface area (Å²) in [6.45, 7) is 7.07. The standard InChI is InChI=1S/C27H27ClN2O2S/c1-18-14-20(3)26-24(15-18)33-27(29-26)30(17-21-8-5-4-6-9-21)25(31)10-7-13-32-23-12-11-22(28)16-19(23)2/h4-6,8-9,11-12,14-16H,7,10,13,17H2,1-3H3. The number of benzene rings is 3. The molecule has 3 aromatic carbocycles. The van der Waals surface area contributed by atoms with E-state index < -0.39 is 0 Å². The summed E-state index contributed by atoms with van der Waals surface area (Å²) in [5, 5.41) is 1.43. The number of thiazole rings is 1. The lowest BCUT2D eigenvalue weighted by Gasteiger charge is -2.20. The highest BCUT2D eigenvalue weighted by Gasteiger charge is 2.21. The van der Waals surface area contributed by atoms with E-state index in [2.05, 4.69) is 26.0 Å². The Kier molecular flexibility index (Phi) is 7.31. The van der Waals surface area contributed by atoms with Gasteiger partial charge < -0.3 is 4.74 Å². The highest BCUT2D eigenvalue weighted by Crippen LogP contribution is 2.33. The predicted molar refractivity (Wildman–Crippen MR) is 138 cm³/mol. The molecule has 1 heterocycles. The highest BCUT2D eigenvalue weighted by atomic mass is 35.5. The second kappa shape index (κ2) is 10.4. The van der Waals surface area contributed by atoms with Crippen molar-refractivity contribution in [3.05, 3.63) is 87.9 Å². The van der Waals surface area contributed by atoms with Gasteiger partial charge in [0, 0.05) is 11.4 Å². The highest BCUT2D eigenvalue weighted by molar-refractivity contribution is 7.22. The number of amides is 1. The molecule has 0 atom stereocenters. The molecule has 4 aromatic rings. The van der Waals surface area contributed by atoms with Crippen LogP contribution in [0.2, 0.25) is 5.02 Å². The summed E-state index contributed by atoms with van der Waals surface area (Å²) < 4.78 is 6.99. The molecule has 0 spiro atoms. The zero-order valence-electron chi connectivity index (χ0n) is 19.1. The van der Waals surface area contributed by atoms with Crippen molar-refractivity contribution in [1.82, 2.24) is 4.98 Å². The average Bonchev–Trinajstić information content (AvgIpc) is 3.21. The van der Waals surface area contributed by atoms with Gasteiger partial charge in [-0.1, -0.05) is 59.3 Å². The summed E-state index contributed by atoms with van der Waals surface area (Å²) in [6, 6.07) is 19.9. The van der Waals surface area contributed by atoms with Crippen LogP contribution >= 0.6 is 22.9 Å². The van der Waals surface area contributed by atoms with Crippen molar-refractivity contribution in [2.75, 3.05) is 11.5 Å². The van der Waals surface area contributed by atoms with Crippen LogP contribution in [-0.2, 0) is 11.3 Å². The number of aryl methyl sites for hydroxylation is 3. The van der Waals surface area contributed by atoms with Crippen molar-refractivity contribution >= 4 is 44.2 Å². The largest absolute Gasteiger partial charge is 0.493 e. The number of fused-ring (bicyclic) bond motifs is 1. The van der Waals surface area contributed by atoms with Gasteiger partial charge in [0.05, 0.1) is 23.4 Å². The van der Waals surface area contributed by atoms with E-state index >= 15 is 0 Å². The van der Waals surface area contributed by atoms with Crippen molar-refractivity contribution in [1.29, 1.82) is 0 Å². The van der Waals surface area contributed by atoms with Crippen LogP contribution < -0.4 is 9.64 Å². The molecule has 0 radical (unpaired) electrons. The van der Waals surface area contributed by atoms with Gasteiger partial charge in [-0.05, 0) is 73.7 Å². The van der Waals surface area contributed by atoms with Crippen LogP contribution in [0.4, 0.5) is 5.13 Å². The van der Waals surface area contributed by atoms with Crippen LogP contribution in [0, 0.1) is 20.8 Å². The van der Waals surface area contributed by atoms with Crippen molar-refractivity contribution < 1.29 is 9.53 Å². The van der Waals surface area contributed by atoms with E-state index in [0.29, 0.717) is 31.0 Å². The van der Waals surface area contributed by atoms with Crippen LogP contribution in [0.1, 0.15) is 35.1 Å². The van der Waals surface area contributed by atoms with Gasteiger partial charge in [0.2, 0.25) is 5.91 Å². The fourth-order valence-corrected chi connectivity index (χ4v) is 5.20. The van der Waals surface area contributed by atoms with E-state index in [9.17, 15) is 4.79 Å². The fourth-order valence-electron chi connectivity index (χ4n) is 3.82. The summed E-state index contributed by atoms with van der Waals surface area (Å²) in [7, 11) is 0. The smallest absolute Gasteiger partial charge is 0.229 e. The third-order valence-corrected chi connectivity index (χ3v) is 6.72. The van der Waals surface area contributed by atoms with Crippen LogP contribution in [0.3, 0.4) is 0 Å². The number of halogens is 1. The molecule has 170 valence electrons. The first-order valence-corrected chi connectivity index (χ1v) is 12.2. The molecule has 0 saturated carbocycles. The van der Waals surface area contributed by atoms with Gasteiger partial charge in [-0.2, -0.15) is 0 Å². The lowest BCUT2D eigenvalue weighted by Crippen LogP contribution is -2.30. The van der Waals surface area contributed by atoms with E-state index in [0.717, 1.165) is 37.8 Å². The fraction of sp³-hybridized carbons (Fsp3) is 0.259. The third kappa shape index (κ3) is 5.73. The first kappa shape index (κ1) is 23.3. The van der Waals surface area contributed by atoms with E-state index in [4.69, 9.17) is 21.3 Å². The van der Waals surface area contributed by atoms with Gasteiger partial charge in [-0.15, -0.1) is 0 Å². The minimum Gasteiger partial charge on any atom is -0.493 e. The number of nitrogens with zero attached hydrogens (tertiary/aromatic N) is 2. The van der Waals surface area contributed by atoms with Crippen LogP contribution in [0.5, 0.6) is 5.75 Å². The second-order valence-corrected chi connectivity index (χ2v) is 9.70. The zero-order valence-corrected chi connectivity index (χ0v) is 20.7. The Hall–Kier alpha value is -2.89. The number of carbonyl (C=O) groups is 1. The Balaban J connectivity index is 1.49. The molecular weight excluding hydrogens is 452 g/mol. The topological polar surface area (TPSA) is 42.4 Å². The number of anilines is 1. The lowest BCUT2D eigenvalue weighted by molar-refractivity contribution is -0.119. The molecule has 0 unspecified atom stereocenters. The molecule has 1 aromatic heterocycles. The second-order valence-electron chi connectivity index (χ2n) is 8.25. The maximum absolute atomic E-state index is 13.3. The molecule has 33 heavy (non-hydrogen) atoms. The number of aromatic nitrogens is 1. The summed E-state index contributed by atoms with van der Waals surface area (Å²) in [5.41, 5.74) is 5.36. The number of hydrogen-bond donors (Lipinski definition) is 0. The normalized spacial score (nSPS) is 11.0. The Morgan fingerprint density at radius 3 is 2.58 bits per heavy atom. The molecule has 0 N–H and O–H groups in total. The summed E-state index contributed by atoms with van der Waals surface area (Å²) in [4.78, 5) is 20.0. The number of rotatable bonds is 8. The molecule has 1 amide bonds. The van der Waals surface area contributed by atoms with Gasteiger partial charge in [0.25, 0.3) is 0 Å². The van der Waals surface area contributed by atoms with Gasteiger partial charge in [0.15, 0.2) is 5.13 Å². The maximum Gasteiger partial charge on any atom is 0.229 e. The molecule has 4 nitrogen and oxygen atoms in total. The summed E-state index contributed by atoms with van der Waals surface area (Å²) >= 11 is 7.59. The van der Waals surface area contributed by atoms with Crippen molar-refractivity contribution in [3.63, 3.8) is 0 Å². The lowest BCUT2D eigenvalue weighted by atomic mass is 10.1. The summed E-state index contributed by atoms with van der Waals surface area (Å²) in [6.07, 6.45) is 1.00. The Morgan fingerprint density at radius 1 is 1.03 bits per heavy atom. The van der Waals surface area contributed by atoms with Crippen molar-refractivity contribution in [2.45, 2.75) is 40.2 Å². The number of carbonyl (C=O) groups excluding carboxylic acids is 1. The molecule has 0 saturated heterocycles. The summed E-state index contributed by atoms with van der Waals surface area (Å²) in [5.74, 6) is 0.841. The Bertz CT molecular complexity index is 1270. The number of hydrogen-bond acceptors (Lipinski definition) is 4. The molecule has 4 rings (SSSR count). The van der Waals surface area contributed by atoms with Crippen molar-refractivity contribution in [2.24, 2.45) is 0 Å². The van der Waals surface area contributed by atoms with Gasteiger partial charge in [-0.3, -0.25) is 9.69 Å². The minimum atomic E-state index is 0.0451. The van der Waals surface area contributed by atoms with Crippen molar-refractivity contribution in [3.8, 4) is 5.75 Å². The predicted octanol–water partition coefficient (Wildman–Crippen LogP) is 7.27. The SMILES string of the molecule is Cc1cc(C)c2nc(N(Cc3ccccc3)C(=O)CCCOc3ccc(Cl)cc3C)sc2c1. The molecule has 0 bridgehead atoms. The first-order valence-electron chi connectivity index (χ1n) is 11.0. The third-order valence-electron chi connectivity index (χ3n) is 5.46. The first-order chi connectivity index (χ1) is 15.9. The zero-order chi connectivity index (χ0) is 23.4. The van der Waals surface area contributed by atoms with Gasteiger partial charge >= 0.3 is 0 Å².